The van der Waals surface area contributed by atoms with Gasteiger partial charge in [0, 0.05) is 24.4 Å². The lowest BCUT2D eigenvalue weighted by atomic mass is 10.1. The van der Waals surface area contributed by atoms with Crippen molar-refractivity contribution < 1.29 is 4.79 Å². The number of carbonyl (C=O) groups excluding carboxylic acids is 1. The topological polar surface area (TPSA) is 46.3 Å². The zero-order valence-electron chi connectivity index (χ0n) is 11.1. The minimum atomic E-state index is -0.189. The van der Waals surface area contributed by atoms with Crippen LogP contribution in [0.4, 0.5) is 0 Å². The van der Waals surface area contributed by atoms with Crippen molar-refractivity contribution in [3.63, 3.8) is 0 Å². The summed E-state index contributed by atoms with van der Waals surface area (Å²) in [6, 6.07) is 0. The number of hydrogen-bond acceptors (Lipinski definition) is 3. The van der Waals surface area contributed by atoms with Crippen molar-refractivity contribution in [3.8, 4) is 0 Å². The van der Waals surface area contributed by atoms with Crippen LogP contribution in [0.3, 0.4) is 0 Å². The second-order valence-electron chi connectivity index (χ2n) is 4.86. The van der Waals surface area contributed by atoms with Crippen LogP contribution >= 0.6 is 11.8 Å². The van der Waals surface area contributed by atoms with E-state index >= 15 is 0 Å². The van der Waals surface area contributed by atoms with Gasteiger partial charge in [-0.05, 0) is 26.7 Å². The van der Waals surface area contributed by atoms with Crippen LogP contribution in [0.15, 0.2) is 0 Å². The third kappa shape index (κ3) is 7.99. The monoisotopic (exact) mass is 246 g/mol. The Morgan fingerprint density at radius 3 is 2.12 bits per heavy atom. The van der Waals surface area contributed by atoms with Gasteiger partial charge in [0.1, 0.15) is 0 Å². The summed E-state index contributed by atoms with van der Waals surface area (Å²) in [6.07, 6.45) is 2.05. The molecule has 0 spiro atoms. The third-order valence-electron chi connectivity index (χ3n) is 2.04. The lowest BCUT2D eigenvalue weighted by Crippen LogP contribution is -2.37. The molecule has 0 fully saturated rings. The summed E-state index contributed by atoms with van der Waals surface area (Å²) < 4.78 is 0. The fourth-order valence-corrected chi connectivity index (χ4v) is 2.38. The van der Waals surface area contributed by atoms with E-state index in [-0.39, 0.29) is 11.4 Å². The Labute approximate surface area is 104 Å². The Hall–Kier alpha value is -0.220. The first kappa shape index (κ1) is 15.8. The molecule has 0 rings (SSSR count). The maximum atomic E-state index is 11.9. The molecule has 0 unspecified atom stereocenters. The van der Waals surface area contributed by atoms with Gasteiger partial charge in [-0.3, -0.25) is 4.79 Å². The normalized spacial score (nSPS) is 11.6. The molecule has 0 radical (unpaired) electrons. The molecule has 0 saturated heterocycles. The van der Waals surface area contributed by atoms with Crippen molar-refractivity contribution in [2.75, 3.05) is 24.6 Å². The van der Waals surface area contributed by atoms with Crippen LogP contribution in [0.2, 0.25) is 0 Å². The molecule has 0 bridgehead atoms. The molecule has 3 nitrogen and oxygen atoms in total. The standard InChI is InChI=1S/C12H26N2OS/c1-5-7-14(8-6-2)11(15)9-16-10-12(3,4)13/h5-10,13H2,1-4H3. The van der Waals surface area contributed by atoms with Gasteiger partial charge >= 0.3 is 0 Å². The first-order valence-corrected chi connectivity index (χ1v) is 7.20. The second kappa shape index (κ2) is 7.96. The number of carbonyl (C=O) groups is 1. The molecule has 0 atom stereocenters. The number of amides is 1. The molecule has 96 valence electrons. The molecule has 0 heterocycles. The Balaban J connectivity index is 3.91. The van der Waals surface area contributed by atoms with E-state index in [1.165, 1.54) is 0 Å². The van der Waals surface area contributed by atoms with E-state index < -0.39 is 0 Å². The van der Waals surface area contributed by atoms with Crippen LogP contribution in [-0.2, 0) is 4.79 Å². The fraction of sp³-hybridized carbons (Fsp3) is 0.917. The molecule has 0 aromatic rings. The number of nitrogens with zero attached hydrogens (tertiary/aromatic N) is 1. The molecule has 16 heavy (non-hydrogen) atoms. The summed E-state index contributed by atoms with van der Waals surface area (Å²) in [7, 11) is 0. The van der Waals surface area contributed by atoms with E-state index in [0.29, 0.717) is 5.75 Å². The van der Waals surface area contributed by atoms with Crippen molar-refractivity contribution in [2.24, 2.45) is 5.73 Å². The zero-order chi connectivity index (χ0) is 12.6. The smallest absolute Gasteiger partial charge is 0.232 e. The predicted octanol–water partition coefficient (Wildman–Crippen LogP) is 2.11. The van der Waals surface area contributed by atoms with Gasteiger partial charge in [-0.15, -0.1) is 0 Å². The fourth-order valence-electron chi connectivity index (χ4n) is 1.39. The summed E-state index contributed by atoms with van der Waals surface area (Å²) in [6.45, 7) is 9.93. The Kier molecular flexibility index (Phi) is 7.85. The van der Waals surface area contributed by atoms with Crippen molar-refractivity contribution in [1.82, 2.24) is 4.90 Å². The van der Waals surface area contributed by atoms with Crippen LogP contribution < -0.4 is 5.73 Å². The summed E-state index contributed by atoms with van der Waals surface area (Å²) in [4.78, 5) is 13.8. The molecule has 0 saturated carbocycles. The Morgan fingerprint density at radius 1 is 1.25 bits per heavy atom. The number of nitrogens with two attached hydrogens (primary N) is 1. The molecular formula is C12H26N2OS. The molecule has 0 aromatic carbocycles. The largest absolute Gasteiger partial charge is 0.342 e. The van der Waals surface area contributed by atoms with Crippen molar-refractivity contribution >= 4 is 17.7 Å². The highest BCUT2D eigenvalue weighted by atomic mass is 32.2. The molecule has 2 N–H and O–H groups in total. The minimum Gasteiger partial charge on any atom is -0.342 e. The van der Waals surface area contributed by atoms with Gasteiger partial charge in [-0.2, -0.15) is 11.8 Å². The van der Waals surface area contributed by atoms with Crippen LogP contribution in [0.25, 0.3) is 0 Å². The lowest BCUT2D eigenvalue weighted by Gasteiger charge is -2.22. The SMILES string of the molecule is CCCN(CCC)C(=O)CSCC(C)(C)N. The third-order valence-corrected chi connectivity index (χ3v) is 3.44. The molecular weight excluding hydrogens is 220 g/mol. The molecule has 1 amide bonds. The van der Waals surface area contributed by atoms with Crippen molar-refractivity contribution in [2.45, 2.75) is 46.1 Å². The Morgan fingerprint density at radius 2 is 1.75 bits per heavy atom. The zero-order valence-corrected chi connectivity index (χ0v) is 11.9. The van der Waals surface area contributed by atoms with E-state index in [4.69, 9.17) is 5.73 Å². The maximum absolute atomic E-state index is 11.9. The summed E-state index contributed by atoms with van der Waals surface area (Å²) >= 11 is 1.63. The molecule has 0 aromatic heterocycles. The van der Waals surface area contributed by atoms with Gasteiger partial charge in [-0.25, -0.2) is 0 Å². The first-order valence-electron chi connectivity index (χ1n) is 6.05. The van der Waals surface area contributed by atoms with E-state index in [9.17, 15) is 4.79 Å². The highest BCUT2D eigenvalue weighted by Crippen LogP contribution is 2.11. The van der Waals surface area contributed by atoms with Gasteiger partial charge < -0.3 is 10.6 Å². The first-order chi connectivity index (χ1) is 7.40. The minimum absolute atomic E-state index is 0.189. The van der Waals surface area contributed by atoms with Crippen LogP contribution in [0.1, 0.15) is 40.5 Å². The summed E-state index contributed by atoms with van der Waals surface area (Å²) in [5, 5.41) is 0. The highest BCUT2D eigenvalue weighted by Gasteiger charge is 2.15. The van der Waals surface area contributed by atoms with Gasteiger partial charge in [0.05, 0.1) is 5.75 Å². The highest BCUT2D eigenvalue weighted by molar-refractivity contribution is 8.00. The van der Waals surface area contributed by atoms with Crippen LogP contribution in [0.5, 0.6) is 0 Å². The Bertz CT molecular complexity index is 196. The maximum Gasteiger partial charge on any atom is 0.232 e. The van der Waals surface area contributed by atoms with Crippen molar-refractivity contribution in [3.05, 3.63) is 0 Å². The molecule has 0 aliphatic rings. The van der Waals surface area contributed by atoms with Crippen LogP contribution in [0, 0.1) is 0 Å². The predicted molar refractivity (Wildman–Crippen MR) is 72.8 cm³/mol. The van der Waals surface area contributed by atoms with Crippen molar-refractivity contribution in [1.29, 1.82) is 0 Å². The molecule has 4 heteroatoms. The average Bonchev–Trinajstić information content (AvgIpc) is 2.15. The van der Waals surface area contributed by atoms with Crippen LogP contribution in [-0.4, -0.2) is 40.9 Å². The van der Waals surface area contributed by atoms with Gasteiger partial charge in [0.15, 0.2) is 0 Å². The molecule has 0 aliphatic carbocycles. The van der Waals surface area contributed by atoms with E-state index in [0.717, 1.165) is 31.7 Å². The van der Waals surface area contributed by atoms with Gasteiger partial charge in [0.2, 0.25) is 5.91 Å². The summed E-state index contributed by atoms with van der Waals surface area (Å²) in [5.74, 6) is 1.63. The molecule has 0 aliphatic heterocycles. The second-order valence-corrected chi connectivity index (χ2v) is 5.85. The van der Waals surface area contributed by atoms with E-state index in [1.807, 2.05) is 18.7 Å². The van der Waals surface area contributed by atoms with Gasteiger partial charge in [-0.1, -0.05) is 13.8 Å². The number of rotatable bonds is 8. The number of thioether (sulfide) groups is 1. The van der Waals surface area contributed by atoms with E-state index in [1.54, 1.807) is 11.8 Å². The lowest BCUT2D eigenvalue weighted by molar-refractivity contribution is -0.128. The summed E-state index contributed by atoms with van der Waals surface area (Å²) in [5.41, 5.74) is 5.68. The number of hydrogen-bond donors (Lipinski definition) is 1. The van der Waals surface area contributed by atoms with E-state index in [2.05, 4.69) is 13.8 Å². The quantitative estimate of drug-likeness (QED) is 0.713. The average molecular weight is 246 g/mol. The van der Waals surface area contributed by atoms with Gasteiger partial charge in [0.25, 0.3) is 0 Å².